The molecule has 1 heterocycles. The van der Waals surface area contributed by atoms with Crippen molar-refractivity contribution in [2.45, 2.75) is 18.2 Å². The van der Waals surface area contributed by atoms with Gasteiger partial charge in [-0.05, 0) is 17.7 Å². The van der Waals surface area contributed by atoms with Crippen LogP contribution in [-0.2, 0) is 16.5 Å². The Bertz CT molecular complexity index is 422. The molecular weight excluding hydrogens is 240 g/mol. The van der Waals surface area contributed by atoms with Crippen molar-refractivity contribution >= 4 is 0 Å². The molecule has 1 aromatic carbocycles. The van der Waals surface area contributed by atoms with Gasteiger partial charge in [-0.25, -0.2) is 4.39 Å². The Labute approximate surface area is 94.8 Å². The summed E-state index contributed by atoms with van der Waals surface area (Å²) in [5, 5.41) is 10.0. The van der Waals surface area contributed by atoms with Gasteiger partial charge >= 0.3 is 6.18 Å². The topological polar surface area (TPSA) is 29.5 Å². The molecule has 0 radical (unpaired) electrons. The molecule has 1 atom stereocenters. The summed E-state index contributed by atoms with van der Waals surface area (Å²) < 4.78 is 55.2. The van der Waals surface area contributed by atoms with E-state index in [-0.39, 0.29) is 18.6 Å². The number of benzene rings is 1. The molecule has 1 aliphatic heterocycles. The molecule has 1 saturated heterocycles. The normalized spacial score (nSPS) is 25.2. The first-order valence-corrected chi connectivity index (χ1v) is 5.00. The molecule has 2 nitrogen and oxygen atoms in total. The zero-order chi connectivity index (χ0) is 12.7. The predicted octanol–water partition coefficient (Wildman–Crippen LogP) is 2.45. The highest BCUT2D eigenvalue weighted by Crippen LogP contribution is 2.35. The predicted molar refractivity (Wildman–Crippen MR) is 50.7 cm³/mol. The Hall–Kier alpha value is -1.14. The second-order valence-corrected chi connectivity index (χ2v) is 4.03. The largest absolute Gasteiger partial charge is 0.419 e. The van der Waals surface area contributed by atoms with Crippen molar-refractivity contribution in [3.05, 3.63) is 35.1 Å². The zero-order valence-electron chi connectivity index (χ0n) is 8.72. The minimum absolute atomic E-state index is 0.0300. The second kappa shape index (κ2) is 3.96. The number of aliphatic hydroxyl groups is 1. The van der Waals surface area contributed by atoms with Gasteiger partial charge < -0.3 is 9.84 Å². The lowest BCUT2D eigenvalue weighted by Gasteiger charge is -2.21. The number of halogens is 4. The average molecular weight is 250 g/mol. The number of rotatable bonds is 1. The van der Waals surface area contributed by atoms with E-state index >= 15 is 0 Å². The van der Waals surface area contributed by atoms with Crippen LogP contribution in [-0.4, -0.2) is 18.3 Å². The molecule has 1 aromatic rings. The van der Waals surface area contributed by atoms with E-state index in [9.17, 15) is 22.7 Å². The van der Waals surface area contributed by atoms with Gasteiger partial charge in [-0.1, -0.05) is 6.07 Å². The molecule has 1 aliphatic rings. The van der Waals surface area contributed by atoms with Gasteiger partial charge in [-0.15, -0.1) is 0 Å². The molecule has 0 aromatic heterocycles. The van der Waals surface area contributed by atoms with Crippen molar-refractivity contribution in [1.82, 2.24) is 0 Å². The highest BCUT2D eigenvalue weighted by molar-refractivity contribution is 5.30. The second-order valence-electron chi connectivity index (χ2n) is 4.03. The Balaban J connectivity index is 2.37. The van der Waals surface area contributed by atoms with Gasteiger partial charge in [0.25, 0.3) is 0 Å². The van der Waals surface area contributed by atoms with E-state index in [0.717, 1.165) is 12.1 Å². The highest BCUT2D eigenvalue weighted by atomic mass is 19.4. The summed E-state index contributed by atoms with van der Waals surface area (Å²) in [6, 6.07) is 2.44. The number of hydrogen-bond donors (Lipinski definition) is 1. The first-order chi connectivity index (χ1) is 7.83. The van der Waals surface area contributed by atoms with Crippen LogP contribution in [0.15, 0.2) is 18.2 Å². The smallest absolute Gasteiger partial charge is 0.383 e. The average Bonchev–Trinajstić information content (AvgIpc) is 2.64. The molecule has 1 fully saturated rings. The Kier molecular flexibility index (Phi) is 2.87. The van der Waals surface area contributed by atoms with E-state index in [1.165, 1.54) is 0 Å². The van der Waals surface area contributed by atoms with Crippen LogP contribution in [0.25, 0.3) is 0 Å². The van der Waals surface area contributed by atoms with Crippen molar-refractivity contribution in [3.63, 3.8) is 0 Å². The first kappa shape index (κ1) is 12.3. The molecule has 0 saturated carbocycles. The van der Waals surface area contributed by atoms with Gasteiger partial charge in [0.1, 0.15) is 11.4 Å². The number of alkyl halides is 3. The minimum Gasteiger partial charge on any atom is -0.383 e. The van der Waals surface area contributed by atoms with Gasteiger partial charge in [-0.3, -0.25) is 0 Å². The summed E-state index contributed by atoms with van der Waals surface area (Å²) in [6.45, 7) is 0.275. The monoisotopic (exact) mass is 250 g/mol. The lowest BCUT2D eigenvalue weighted by atomic mass is 9.92. The van der Waals surface area contributed by atoms with Crippen molar-refractivity contribution in [1.29, 1.82) is 0 Å². The highest BCUT2D eigenvalue weighted by Gasteiger charge is 2.38. The fraction of sp³-hybridized carbons (Fsp3) is 0.455. The van der Waals surface area contributed by atoms with Gasteiger partial charge in [0.2, 0.25) is 0 Å². The van der Waals surface area contributed by atoms with Crippen molar-refractivity contribution < 1.29 is 27.4 Å². The van der Waals surface area contributed by atoms with Crippen LogP contribution in [0, 0.1) is 5.82 Å². The third-order valence-corrected chi connectivity index (χ3v) is 2.81. The Morgan fingerprint density at radius 3 is 2.47 bits per heavy atom. The molecule has 17 heavy (non-hydrogen) atoms. The summed E-state index contributed by atoms with van der Waals surface area (Å²) in [6.07, 6.45) is -4.48. The minimum atomic E-state index is -4.72. The summed E-state index contributed by atoms with van der Waals surface area (Å²) in [7, 11) is 0. The molecule has 1 N–H and O–H groups in total. The maximum Gasteiger partial charge on any atom is 0.419 e. The maximum absolute atomic E-state index is 13.3. The van der Waals surface area contributed by atoms with E-state index in [0.29, 0.717) is 12.7 Å². The molecule has 0 bridgehead atoms. The Morgan fingerprint density at radius 1 is 1.29 bits per heavy atom. The molecule has 0 aliphatic carbocycles. The van der Waals surface area contributed by atoms with Crippen LogP contribution in [0.4, 0.5) is 17.6 Å². The summed E-state index contributed by atoms with van der Waals surface area (Å²) in [5.41, 5.74) is -2.60. The quantitative estimate of drug-likeness (QED) is 0.776. The molecule has 1 unspecified atom stereocenters. The molecule has 0 amide bonds. The summed E-state index contributed by atoms with van der Waals surface area (Å²) >= 11 is 0. The summed E-state index contributed by atoms with van der Waals surface area (Å²) in [4.78, 5) is 0. The molecule has 6 heteroatoms. The van der Waals surface area contributed by atoms with Crippen LogP contribution in [0.3, 0.4) is 0 Å². The van der Waals surface area contributed by atoms with Crippen LogP contribution in [0.5, 0.6) is 0 Å². The summed E-state index contributed by atoms with van der Waals surface area (Å²) in [5.74, 6) is -1.38. The zero-order valence-corrected chi connectivity index (χ0v) is 8.72. The van der Waals surface area contributed by atoms with Crippen LogP contribution >= 0.6 is 0 Å². The van der Waals surface area contributed by atoms with E-state index in [1.54, 1.807) is 0 Å². The van der Waals surface area contributed by atoms with Crippen molar-refractivity contribution in [3.8, 4) is 0 Å². The van der Waals surface area contributed by atoms with E-state index in [4.69, 9.17) is 4.74 Å². The third kappa shape index (κ3) is 2.28. The van der Waals surface area contributed by atoms with Gasteiger partial charge in [0, 0.05) is 13.0 Å². The van der Waals surface area contributed by atoms with Crippen LogP contribution < -0.4 is 0 Å². The SMILES string of the molecule is OC1(c2ccc(C(F)(F)F)c(F)c2)CCOC1. The standard InChI is InChI=1S/C11H10F4O2/c12-9-5-7(10(16)3-4-17-6-10)1-2-8(9)11(13,14)15/h1-2,5,16H,3-4,6H2. The van der Waals surface area contributed by atoms with E-state index in [1.807, 2.05) is 0 Å². The van der Waals surface area contributed by atoms with Crippen LogP contribution in [0.2, 0.25) is 0 Å². The molecular formula is C11H10F4O2. The van der Waals surface area contributed by atoms with Gasteiger partial charge in [0.15, 0.2) is 0 Å². The Morgan fingerprint density at radius 2 is 2.00 bits per heavy atom. The molecule has 94 valence electrons. The van der Waals surface area contributed by atoms with Crippen molar-refractivity contribution in [2.75, 3.05) is 13.2 Å². The fourth-order valence-electron chi connectivity index (χ4n) is 1.82. The molecule has 0 spiro atoms. The third-order valence-electron chi connectivity index (χ3n) is 2.81. The van der Waals surface area contributed by atoms with E-state index in [2.05, 4.69) is 0 Å². The lowest BCUT2D eigenvalue weighted by Crippen LogP contribution is -2.26. The van der Waals surface area contributed by atoms with Crippen LogP contribution in [0.1, 0.15) is 17.5 Å². The number of hydrogen-bond acceptors (Lipinski definition) is 2. The van der Waals surface area contributed by atoms with Crippen molar-refractivity contribution in [2.24, 2.45) is 0 Å². The lowest BCUT2D eigenvalue weighted by molar-refractivity contribution is -0.140. The van der Waals surface area contributed by atoms with E-state index < -0.39 is 23.2 Å². The molecule has 2 rings (SSSR count). The number of ether oxygens (including phenoxy) is 1. The van der Waals surface area contributed by atoms with Gasteiger partial charge in [-0.2, -0.15) is 13.2 Å². The fourth-order valence-corrected chi connectivity index (χ4v) is 1.82. The first-order valence-electron chi connectivity index (χ1n) is 5.00. The van der Waals surface area contributed by atoms with Gasteiger partial charge in [0.05, 0.1) is 12.2 Å². The maximum atomic E-state index is 13.3.